The maximum atomic E-state index is 12.2. The number of aliphatic imine (C=N–C) groups is 1. The molecule has 1 unspecified atom stereocenters. The normalized spacial score (nSPS) is 19.6. The summed E-state index contributed by atoms with van der Waals surface area (Å²) in [7, 11) is 0. The fraction of sp³-hybridized carbons (Fsp3) is 0.357. The summed E-state index contributed by atoms with van der Waals surface area (Å²) in [6, 6.07) is -0.742. The number of fused-ring (bicyclic) bond motifs is 1. The van der Waals surface area contributed by atoms with E-state index < -0.39 is 23.8 Å². The van der Waals surface area contributed by atoms with Crippen LogP contribution >= 0.6 is 0 Å². The lowest BCUT2D eigenvalue weighted by Gasteiger charge is -2.27. The van der Waals surface area contributed by atoms with Crippen molar-refractivity contribution in [2.24, 2.45) is 10.9 Å². The van der Waals surface area contributed by atoms with Crippen molar-refractivity contribution >= 4 is 29.5 Å². The number of allylic oxidation sites excluding steroid dienone is 3. The van der Waals surface area contributed by atoms with Gasteiger partial charge in [0.05, 0.1) is 11.6 Å². The highest BCUT2D eigenvalue weighted by Gasteiger charge is 2.36. The molecule has 0 saturated heterocycles. The third kappa shape index (κ3) is 3.66. The Balaban J connectivity index is 1.91. The number of nitrogens with zero attached hydrogens (tertiary/aromatic N) is 2. The third-order valence-corrected chi connectivity index (χ3v) is 3.11. The Labute approximate surface area is 126 Å². The van der Waals surface area contributed by atoms with Crippen LogP contribution in [0.3, 0.4) is 0 Å². The SMILES string of the molecule is CC(=O)NCCNC(=O)CN1C(=O)N=C2C=CC=CC2C1=O. The molecule has 1 heterocycles. The Bertz CT molecular complexity index is 606. The Morgan fingerprint density at radius 3 is 2.68 bits per heavy atom. The fourth-order valence-electron chi connectivity index (χ4n) is 2.07. The van der Waals surface area contributed by atoms with E-state index >= 15 is 0 Å². The van der Waals surface area contributed by atoms with Crippen LogP contribution in [0.2, 0.25) is 0 Å². The molecule has 8 heteroatoms. The minimum Gasteiger partial charge on any atom is -0.355 e. The Morgan fingerprint density at radius 2 is 1.95 bits per heavy atom. The van der Waals surface area contributed by atoms with Crippen molar-refractivity contribution in [1.29, 1.82) is 0 Å². The summed E-state index contributed by atoms with van der Waals surface area (Å²) in [5, 5.41) is 5.04. The largest absolute Gasteiger partial charge is 0.355 e. The minimum atomic E-state index is -0.742. The monoisotopic (exact) mass is 304 g/mol. The molecule has 1 aliphatic carbocycles. The van der Waals surface area contributed by atoms with Crippen LogP contribution in [0.5, 0.6) is 0 Å². The van der Waals surface area contributed by atoms with Crippen LogP contribution < -0.4 is 10.6 Å². The van der Waals surface area contributed by atoms with Gasteiger partial charge in [0, 0.05) is 20.0 Å². The predicted octanol–water partition coefficient (Wildman–Crippen LogP) is -0.616. The molecule has 2 N–H and O–H groups in total. The molecule has 0 aromatic rings. The van der Waals surface area contributed by atoms with Crippen LogP contribution in [0, 0.1) is 5.92 Å². The summed E-state index contributed by atoms with van der Waals surface area (Å²) in [5.41, 5.74) is 0.389. The molecule has 5 amide bonds. The second-order valence-corrected chi connectivity index (χ2v) is 4.80. The van der Waals surface area contributed by atoms with Crippen LogP contribution in [-0.4, -0.2) is 54.0 Å². The Kier molecular flexibility index (Phi) is 4.82. The molecule has 0 radical (unpaired) electrons. The van der Waals surface area contributed by atoms with E-state index in [1.165, 1.54) is 6.92 Å². The first kappa shape index (κ1) is 15.6. The lowest BCUT2D eigenvalue weighted by molar-refractivity contribution is -0.134. The van der Waals surface area contributed by atoms with Crippen LogP contribution in [-0.2, 0) is 14.4 Å². The van der Waals surface area contributed by atoms with E-state index in [4.69, 9.17) is 0 Å². The highest BCUT2D eigenvalue weighted by Crippen LogP contribution is 2.19. The van der Waals surface area contributed by atoms with Gasteiger partial charge in [0.1, 0.15) is 6.54 Å². The van der Waals surface area contributed by atoms with Gasteiger partial charge in [0.15, 0.2) is 0 Å². The smallest absolute Gasteiger partial charge is 0.351 e. The lowest BCUT2D eigenvalue weighted by atomic mass is 9.95. The van der Waals surface area contributed by atoms with Crippen LogP contribution in [0.4, 0.5) is 4.79 Å². The topological polar surface area (TPSA) is 108 Å². The quantitative estimate of drug-likeness (QED) is 0.660. The Morgan fingerprint density at radius 1 is 1.23 bits per heavy atom. The van der Waals surface area contributed by atoms with Gasteiger partial charge >= 0.3 is 6.03 Å². The van der Waals surface area contributed by atoms with E-state index in [1.54, 1.807) is 24.3 Å². The summed E-state index contributed by atoms with van der Waals surface area (Å²) in [6.07, 6.45) is 6.63. The molecule has 22 heavy (non-hydrogen) atoms. The number of hydrogen-bond acceptors (Lipinski definition) is 4. The summed E-state index contributed by atoms with van der Waals surface area (Å²) >= 11 is 0. The first-order valence-corrected chi connectivity index (χ1v) is 6.79. The number of carbonyl (C=O) groups excluding carboxylic acids is 4. The summed E-state index contributed by atoms with van der Waals surface area (Å²) in [5.74, 6) is -1.77. The zero-order valence-corrected chi connectivity index (χ0v) is 12.0. The first-order valence-electron chi connectivity index (χ1n) is 6.79. The summed E-state index contributed by atoms with van der Waals surface area (Å²) in [6.45, 7) is 1.48. The van der Waals surface area contributed by atoms with Crippen molar-refractivity contribution in [3.05, 3.63) is 24.3 Å². The second-order valence-electron chi connectivity index (χ2n) is 4.80. The van der Waals surface area contributed by atoms with Crippen LogP contribution in [0.15, 0.2) is 29.3 Å². The van der Waals surface area contributed by atoms with Gasteiger partial charge in [0.25, 0.3) is 0 Å². The number of carbonyl (C=O) groups is 4. The Hall–Kier alpha value is -2.77. The highest BCUT2D eigenvalue weighted by atomic mass is 16.2. The minimum absolute atomic E-state index is 0.199. The number of urea groups is 1. The van der Waals surface area contributed by atoms with Crippen LogP contribution in [0.25, 0.3) is 0 Å². The number of amides is 5. The van der Waals surface area contributed by atoms with Crippen molar-refractivity contribution in [1.82, 2.24) is 15.5 Å². The zero-order valence-electron chi connectivity index (χ0n) is 12.0. The predicted molar refractivity (Wildman–Crippen MR) is 78.0 cm³/mol. The van der Waals surface area contributed by atoms with E-state index in [1.807, 2.05) is 0 Å². The van der Waals surface area contributed by atoms with E-state index in [9.17, 15) is 19.2 Å². The molecule has 0 aromatic heterocycles. The fourth-order valence-corrected chi connectivity index (χ4v) is 2.07. The average Bonchev–Trinajstić information content (AvgIpc) is 2.48. The number of rotatable bonds is 5. The summed E-state index contributed by atoms with van der Waals surface area (Å²) in [4.78, 5) is 51.1. The number of nitrogens with one attached hydrogen (secondary N) is 2. The van der Waals surface area contributed by atoms with Gasteiger partial charge in [-0.05, 0) is 6.08 Å². The van der Waals surface area contributed by atoms with Gasteiger partial charge in [0.2, 0.25) is 17.7 Å². The van der Waals surface area contributed by atoms with Gasteiger partial charge in [-0.1, -0.05) is 18.2 Å². The second kappa shape index (κ2) is 6.79. The average molecular weight is 304 g/mol. The van der Waals surface area contributed by atoms with Gasteiger partial charge in [-0.25, -0.2) is 4.79 Å². The number of hydrogen-bond donors (Lipinski definition) is 2. The standard InChI is InChI=1S/C14H16N4O4/c1-9(19)15-6-7-16-12(20)8-18-13(21)10-4-2-3-5-11(10)17-14(18)22/h2-5,10H,6-8H2,1H3,(H,15,19)(H,16,20). The molecule has 0 spiro atoms. The maximum Gasteiger partial charge on any atom is 0.351 e. The lowest BCUT2D eigenvalue weighted by Crippen LogP contribution is -2.50. The molecular formula is C14H16N4O4. The molecule has 0 aromatic carbocycles. The van der Waals surface area contributed by atoms with Crippen molar-refractivity contribution in [3.63, 3.8) is 0 Å². The number of imide groups is 1. The molecule has 0 saturated carbocycles. The van der Waals surface area contributed by atoms with Gasteiger partial charge in [-0.2, -0.15) is 4.99 Å². The molecule has 2 rings (SSSR count). The van der Waals surface area contributed by atoms with Crippen molar-refractivity contribution in [2.75, 3.05) is 19.6 Å². The van der Waals surface area contributed by atoms with E-state index in [0.29, 0.717) is 5.71 Å². The molecule has 0 bridgehead atoms. The molecule has 8 nitrogen and oxygen atoms in total. The molecule has 2 aliphatic rings. The van der Waals surface area contributed by atoms with E-state index in [0.717, 1.165) is 4.90 Å². The summed E-state index contributed by atoms with van der Waals surface area (Å²) < 4.78 is 0. The van der Waals surface area contributed by atoms with E-state index in [-0.39, 0.29) is 25.5 Å². The molecular weight excluding hydrogens is 288 g/mol. The van der Waals surface area contributed by atoms with Crippen molar-refractivity contribution < 1.29 is 19.2 Å². The zero-order chi connectivity index (χ0) is 16.1. The van der Waals surface area contributed by atoms with Crippen molar-refractivity contribution in [2.45, 2.75) is 6.92 Å². The molecule has 1 aliphatic heterocycles. The van der Waals surface area contributed by atoms with Gasteiger partial charge in [-0.3, -0.25) is 19.3 Å². The first-order chi connectivity index (χ1) is 10.5. The van der Waals surface area contributed by atoms with E-state index in [2.05, 4.69) is 15.6 Å². The molecule has 0 fully saturated rings. The maximum absolute atomic E-state index is 12.2. The van der Waals surface area contributed by atoms with Gasteiger partial charge < -0.3 is 10.6 Å². The van der Waals surface area contributed by atoms with Gasteiger partial charge in [-0.15, -0.1) is 0 Å². The molecule has 116 valence electrons. The third-order valence-electron chi connectivity index (χ3n) is 3.11. The van der Waals surface area contributed by atoms with Crippen molar-refractivity contribution in [3.8, 4) is 0 Å². The van der Waals surface area contributed by atoms with Crippen LogP contribution in [0.1, 0.15) is 6.92 Å². The molecule has 1 atom stereocenters. The highest BCUT2D eigenvalue weighted by molar-refractivity contribution is 6.22.